The predicted octanol–water partition coefficient (Wildman–Crippen LogP) is 2.88. The SMILES string of the molecule is C[C@@H](C(=O)OCC(=O)C12CC3CC(CC(C3)C1)C2)N1C(=O)[C@H]2CCCC[C@@H]2C1=O. The van der Waals surface area contributed by atoms with E-state index in [1.165, 1.54) is 19.3 Å². The lowest BCUT2D eigenvalue weighted by molar-refractivity contribution is -0.163. The van der Waals surface area contributed by atoms with Crippen LogP contribution in [0, 0.1) is 35.0 Å². The minimum atomic E-state index is -0.954. The van der Waals surface area contributed by atoms with Crippen LogP contribution >= 0.6 is 0 Å². The second-order valence-corrected chi connectivity index (χ2v) is 10.4. The molecule has 1 saturated heterocycles. The van der Waals surface area contributed by atoms with E-state index in [1.807, 2.05) is 0 Å². The zero-order valence-electron chi connectivity index (χ0n) is 17.2. The molecule has 3 atom stereocenters. The minimum absolute atomic E-state index is 0.0462. The van der Waals surface area contributed by atoms with E-state index in [0.29, 0.717) is 17.8 Å². The third-order valence-corrected chi connectivity index (χ3v) is 8.58. The topological polar surface area (TPSA) is 80.8 Å². The van der Waals surface area contributed by atoms with E-state index in [4.69, 9.17) is 4.74 Å². The highest BCUT2D eigenvalue weighted by Gasteiger charge is 2.55. The Kier molecular flexibility index (Phi) is 4.59. The number of carbonyl (C=O) groups is 4. The van der Waals surface area contributed by atoms with E-state index < -0.39 is 12.0 Å². The number of imide groups is 1. The van der Waals surface area contributed by atoms with Crippen LogP contribution in [0.1, 0.15) is 71.1 Å². The highest BCUT2D eigenvalue weighted by Crippen LogP contribution is 2.60. The summed E-state index contributed by atoms with van der Waals surface area (Å²) in [6, 6.07) is -0.954. The van der Waals surface area contributed by atoms with Crippen LogP contribution in [-0.2, 0) is 23.9 Å². The molecule has 0 unspecified atom stereocenters. The van der Waals surface area contributed by atoms with Gasteiger partial charge < -0.3 is 4.74 Å². The number of esters is 1. The largest absolute Gasteiger partial charge is 0.456 e. The highest BCUT2D eigenvalue weighted by molar-refractivity contribution is 6.07. The summed E-state index contributed by atoms with van der Waals surface area (Å²) in [5.74, 6) is 0.343. The Morgan fingerprint density at radius 1 is 0.966 bits per heavy atom. The van der Waals surface area contributed by atoms with Gasteiger partial charge in [-0.2, -0.15) is 0 Å². The van der Waals surface area contributed by atoms with Crippen molar-refractivity contribution >= 4 is 23.6 Å². The number of ether oxygens (including phenoxy) is 1. The Hall–Kier alpha value is -1.72. The van der Waals surface area contributed by atoms with E-state index in [2.05, 4.69) is 0 Å². The molecule has 0 radical (unpaired) electrons. The van der Waals surface area contributed by atoms with Crippen LogP contribution in [0.3, 0.4) is 0 Å². The molecule has 29 heavy (non-hydrogen) atoms. The number of rotatable bonds is 5. The smallest absolute Gasteiger partial charge is 0.329 e. The van der Waals surface area contributed by atoms with Crippen molar-refractivity contribution in [1.29, 1.82) is 0 Å². The van der Waals surface area contributed by atoms with Gasteiger partial charge in [-0.05, 0) is 76.0 Å². The number of likely N-dealkylation sites (tertiary alicyclic amines) is 1. The third-order valence-electron chi connectivity index (χ3n) is 8.58. The standard InChI is InChI=1S/C23H31NO5/c1-13(24-20(26)17-4-2-3-5-18(17)21(24)27)22(28)29-12-19(25)23-9-14-6-15(10-23)8-16(7-14)11-23/h13-18H,2-12H2,1H3/t13-,14?,15?,16?,17-,18-,23?/m0/s1. The molecule has 2 amide bonds. The Bertz CT molecular complexity index is 699. The fraction of sp³-hybridized carbons (Fsp3) is 0.826. The number of hydrogen-bond donors (Lipinski definition) is 0. The second kappa shape index (κ2) is 6.92. The molecule has 6 rings (SSSR count). The van der Waals surface area contributed by atoms with Crippen LogP contribution in [0.15, 0.2) is 0 Å². The zero-order valence-corrected chi connectivity index (χ0v) is 17.2. The van der Waals surface area contributed by atoms with Crippen LogP contribution < -0.4 is 0 Å². The monoisotopic (exact) mass is 401 g/mol. The molecular weight excluding hydrogens is 370 g/mol. The first kappa shape index (κ1) is 19.3. The maximum atomic E-state index is 13.1. The summed E-state index contributed by atoms with van der Waals surface area (Å²) in [5.41, 5.74) is -0.299. The van der Waals surface area contributed by atoms with E-state index in [1.54, 1.807) is 6.92 Å². The average Bonchev–Trinajstić information content (AvgIpc) is 2.95. The number of amides is 2. The molecule has 6 nitrogen and oxygen atoms in total. The van der Waals surface area contributed by atoms with Gasteiger partial charge in [0.25, 0.3) is 0 Å². The summed E-state index contributed by atoms with van der Waals surface area (Å²) in [5, 5.41) is 0. The van der Waals surface area contributed by atoms with Crippen molar-refractivity contribution < 1.29 is 23.9 Å². The Morgan fingerprint density at radius 3 is 1.93 bits per heavy atom. The van der Waals surface area contributed by atoms with Crippen molar-refractivity contribution in [2.75, 3.05) is 6.61 Å². The van der Waals surface area contributed by atoms with Gasteiger partial charge in [-0.1, -0.05) is 12.8 Å². The number of Topliss-reactive ketones (excluding diaryl/α,β-unsaturated/α-hetero) is 1. The molecule has 6 fully saturated rings. The number of fused-ring (bicyclic) bond motifs is 1. The van der Waals surface area contributed by atoms with Crippen molar-refractivity contribution in [3.05, 3.63) is 0 Å². The summed E-state index contributed by atoms with van der Waals surface area (Å²) >= 11 is 0. The molecule has 6 heteroatoms. The van der Waals surface area contributed by atoms with Crippen molar-refractivity contribution in [3.63, 3.8) is 0 Å². The van der Waals surface area contributed by atoms with E-state index in [9.17, 15) is 19.2 Å². The van der Waals surface area contributed by atoms with Gasteiger partial charge in [0.2, 0.25) is 11.8 Å². The minimum Gasteiger partial charge on any atom is -0.456 e. The molecule has 0 spiro atoms. The fourth-order valence-corrected chi connectivity index (χ4v) is 7.54. The van der Waals surface area contributed by atoms with Crippen molar-refractivity contribution in [1.82, 2.24) is 4.90 Å². The van der Waals surface area contributed by atoms with Gasteiger partial charge in [-0.15, -0.1) is 0 Å². The summed E-state index contributed by atoms with van der Waals surface area (Å²) in [6.07, 6.45) is 9.93. The molecule has 158 valence electrons. The molecule has 5 saturated carbocycles. The van der Waals surface area contributed by atoms with Crippen LogP contribution in [0.2, 0.25) is 0 Å². The first-order valence-corrected chi connectivity index (χ1v) is 11.4. The lowest BCUT2D eigenvalue weighted by atomic mass is 9.48. The second-order valence-electron chi connectivity index (χ2n) is 10.4. The van der Waals surface area contributed by atoms with Crippen LogP contribution in [0.4, 0.5) is 0 Å². The maximum absolute atomic E-state index is 13.1. The number of nitrogens with zero attached hydrogens (tertiary/aromatic N) is 1. The molecule has 5 aliphatic carbocycles. The van der Waals surface area contributed by atoms with Gasteiger partial charge in [0.15, 0.2) is 12.4 Å². The highest BCUT2D eigenvalue weighted by atomic mass is 16.5. The number of ketones is 1. The molecule has 0 N–H and O–H groups in total. The summed E-state index contributed by atoms with van der Waals surface area (Å²) in [4.78, 5) is 52.2. The van der Waals surface area contributed by atoms with Crippen LogP contribution in [-0.4, -0.2) is 41.1 Å². The summed E-state index contributed by atoms with van der Waals surface area (Å²) in [6.45, 7) is 1.32. The maximum Gasteiger partial charge on any atom is 0.329 e. The van der Waals surface area contributed by atoms with Crippen LogP contribution in [0.25, 0.3) is 0 Å². The quantitative estimate of drug-likeness (QED) is 0.523. The van der Waals surface area contributed by atoms with Gasteiger partial charge in [-0.25, -0.2) is 4.79 Å². The Balaban J connectivity index is 1.21. The number of carbonyl (C=O) groups excluding carboxylic acids is 4. The van der Waals surface area contributed by atoms with Crippen molar-refractivity contribution in [2.24, 2.45) is 35.0 Å². The van der Waals surface area contributed by atoms with Crippen molar-refractivity contribution in [3.8, 4) is 0 Å². The molecule has 0 aromatic carbocycles. The van der Waals surface area contributed by atoms with Crippen LogP contribution in [0.5, 0.6) is 0 Å². The first-order valence-electron chi connectivity index (χ1n) is 11.4. The molecule has 6 aliphatic rings. The van der Waals surface area contributed by atoms with E-state index >= 15 is 0 Å². The van der Waals surface area contributed by atoms with Gasteiger partial charge in [0, 0.05) is 5.41 Å². The van der Waals surface area contributed by atoms with E-state index in [-0.39, 0.29) is 41.5 Å². The normalized spacial score (nSPS) is 41.4. The van der Waals surface area contributed by atoms with Crippen molar-refractivity contribution in [2.45, 2.75) is 77.2 Å². The Labute approximate surface area is 171 Å². The van der Waals surface area contributed by atoms with Gasteiger partial charge in [-0.3, -0.25) is 19.3 Å². The van der Waals surface area contributed by atoms with Gasteiger partial charge in [0.1, 0.15) is 6.04 Å². The lowest BCUT2D eigenvalue weighted by Gasteiger charge is -2.55. The summed E-state index contributed by atoms with van der Waals surface area (Å²) in [7, 11) is 0. The average molecular weight is 402 g/mol. The molecule has 0 aromatic rings. The van der Waals surface area contributed by atoms with Gasteiger partial charge in [0.05, 0.1) is 11.8 Å². The molecular formula is C23H31NO5. The molecule has 0 aromatic heterocycles. The lowest BCUT2D eigenvalue weighted by Crippen LogP contribution is -2.51. The fourth-order valence-electron chi connectivity index (χ4n) is 7.54. The molecule has 1 heterocycles. The zero-order chi connectivity index (χ0) is 20.3. The number of hydrogen-bond acceptors (Lipinski definition) is 5. The third kappa shape index (κ3) is 3.05. The first-order chi connectivity index (χ1) is 13.9. The Morgan fingerprint density at radius 2 is 1.45 bits per heavy atom. The van der Waals surface area contributed by atoms with Gasteiger partial charge >= 0.3 is 5.97 Å². The predicted molar refractivity (Wildman–Crippen MR) is 103 cm³/mol. The summed E-state index contributed by atoms with van der Waals surface area (Å²) < 4.78 is 5.38. The molecule has 1 aliphatic heterocycles. The van der Waals surface area contributed by atoms with E-state index in [0.717, 1.165) is 49.8 Å². The molecule has 4 bridgehead atoms.